The maximum absolute atomic E-state index is 13.5. The molecule has 0 aliphatic rings. The van der Waals surface area contributed by atoms with Crippen LogP contribution >= 0.6 is 0 Å². The molecule has 2 aromatic carbocycles. The number of hydrogen-bond acceptors (Lipinski definition) is 2. The molecular weight excluding hydrogens is 269 g/mol. The van der Waals surface area contributed by atoms with E-state index in [0.717, 1.165) is 11.1 Å². The van der Waals surface area contributed by atoms with Gasteiger partial charge >= 0.3 is 0 Å². The highest BCUT2D eigenvalue weighted by Gasteiger charge is 2.10. The van der Waals surface area contributed by atoms with Gasteiger partial charge in [-0.05, 0) is 35.9 Å². The first kappa shape index (κ1) is 13.1. The van der Waals surface area contributed by atoms with E-state index in [9.17, 15) is 9.18 Å². The Morgan fingerprint density at radius 2 is 1.86 bits per heavy atom. The van der Waals surface area contributed by atoms with Gasteiger partial charge in [-0.1, -0.05) is 24.3 Å². The predicted octanol–water partition coefficient (Wildman–Crippen LogP) is 4.34. The van der Waals surface area contributed by atoms with E-state index in [1.165, 1.54) is 12.1 Å². The number of nitrogens with one attached hydrogen (secondary N) is 1. The summed E-state index contributed by atoms with van der Waals surface area (Å²) in [5, 5.41) is 2.56. The van der Waals surface area contributed by atoms with Crippen molar-refractivity contribution in [1.82, 2.24) is 0 Å². The van der Waals surface area contributed by atoms with Crippen LogP contribution < -0.4 is 5.32 Å². The van der Waals surface area contributed by atoms with Crippen LogP contribution in [-0.2, 0) is 0 Å². The zero-order valence-electron chi connectivity index (χ0n) is 11.0. The van der Waals surface area contributed by atoms with Crippen LogP contribution in [0.3, 0.4) is 0 Å². The number of hydrogen-bond donors (Lipinski definition) is 1. The zero-order chi connectivity index (χ0) is 14.7. The molecule has 0 aliphatic carbocycles. The predicted molar refractivity (Wildman–Crippen MR) is 78.5 cm³/mol. The summed E-state index contributed by atoms with van der Waals surface area (Å²) >= 11 is 0. The van der Waals surface area contributed by atoms with Crippen LogP contribution in [0.15, 0.2) is 71.5 Å². The van der Waals surface area contributed by atoms with E-state index in [-0.39, 0.29) is 11.6 Å². The van der Waals surface area contributed by atoms with E-state index in [4.69, 9.17) is 4.42 Å². The van der Waals surface area contributed by atoms with Crippen molar-refractivity contribution >= 4 is 11.6 Å². The molecule has 0 atom stereocenters. The van der Waals surface area contributed by atoms with E-state index in [1.807, 2.05) is 12.1 Å². The third-order valence-corrected chi connectivity index (χ3v) is 3.10. The number of carbonyl (C=O) groups excluding carboxylic acids is 1. The SMILES string of the molecule is O=C(Nc1ccccc1F)c1cccc(-c2ccoc2)c1. The fraction of sp³-hybridized carbons (Fsp3) is 0. The number of carbonyl (C=O) groups is 1. The summed E-state index contributed by atoms with van der Waals surface area (Å²) in [5.41, 5.74) is 2.37. The van der Waals surface area contributed by atoms with Gasteiger partial charge in [-0.15, -0.1) is 0 Å². The van der Waals surface area contributed by atoms with E-state index >= 15 is 0 Å². The van der Waals surface area contributed by atoms with Crippen molar-refractivity contribution in [1.29, 1.82) is 0 Å². The molecule has 1 amide bonds. The molecule has 0 radical (unpaired) electrons. The molecule has 0 bridgehead atoms. The lowest BCUT2D eigenvalue weighted by molar-refractivity contribution is 0.102. The van der Waals surface area contributed by atoms with Crippen LogP contribution in [0, 0.1) is 5.82 Å². The van der Waals surface area contributed by atoms with E-state index in [1.54, 1.807) is 42.9 Å². The number of anilines is 1. The Labute approximate surface area is 121 Å². The summed E-state index contributed by atoms with van der Waals surface area (Å²) < 4.78 is 18.6. The Kier molecular flexibility index (Phi) is 3.51. The molecule has 0 saturated carbocycles. The lowest BCUT2D eigenvalue weighted by Crippen LogP contribution is -2.12. The molecule has 0 aliphatic heterocycles. The number of halogens is 1. The van der Waals surface area contributed by atoms with Crippen molar-refractivity contribution in [3.63, 3.8) is 0 Å². The second-order valence-corrected chi connectivity index (χ2v) is 4.53. The molecular formula is C17H12FNO2. The van der Waals surface area contributed by atoms with Gasteiger partial charge in [0.25, 0.3) is 5.91 Å². The lowest BCUT2D eigenvalue weighted by atomic mass is 10.1. The topological polar surface area (TPSA) is 42.2 Å². The molecule has 1 N–H and O–H groups in total. The van der Waals surface area contributed by atoms with Gasteiger partial charge in [-0.25, -0.2) is 4.39 Å². The first-order chi connectivity index (χ1) is 10.2. The van der Waals surface area contributed by atoms with Gasteiger partial charge in [0, 0.05) is 11.1 Å². The molecule has 104 valence electrons. The smallest absolute Gasteiger partial charge is 0.255 e. The highest BCUT2D eigenvalue weighted by Crippen LogP contribution is 2.21. The summed E-state index contributed by atoms with van der Waals surface area (Å²) in [6.45, 7) is 0. The van der Waals surface area contributed by atoms with Crippen molar-refractivity contribution in [2.75, 3.05) is 5.32 Å². The molecule has 0 unspecified atom stereocenters. The van der Waals surface area contributed by atoms with Crippen LogP contribution in [0.5, 0.6) is 0 Å². The Morgan fingerprint density at radius 1 is 1.00 bits per heavy atom. The van der Waals surface area contributed by atoms with Crippen LogP contribution in [0.1, 0.15) is 10.4 Å². The van der Waals surface area contributed by atoms with Crippen molar-refractivity contribution in [2.45, 2.75) is 0 Å². The monoisotopic (exact) mass is 281 g/mol. The third kappa shape index (κ3) is 2.84. The van der Waals surface area contributed by atoms with Crippen molar-refractivity contribution in [3.05, 3.63) is 78.5 Å². The molecule has 1 heterocycles. The van der Waals surface area contributed by atoms with Crippen molar-refractivity contribution in [3.8, 4) is 11.1 Å². The second-order valence-electron chi connectivity index (χ2n) is 4.53. The minimum Gasteiger partial charge on any atom is -0.472 e. The molecule has 1 aromatic heterocycles. The quantitative estimate of drug-likeness (QED) is 0.776. The van der Waals surface area contributed by atoms with Gasteiger partial charge in [0.05, 0.1) is 18.2 Å². The van der Waals surface area contributed by atoms with E-state index in [2.05, 4.69) is 5.32 Å². The van der Waals surface area contributed by atoms with Crippen LogP contribution in [-0.4, -0.2) is 5.91 Å². The first-order valence-electron chi connectivity index (χ1n) is 6.42. The average molecular weight is 281 g/mol. The highest BCUT2D eigenvalue weighted by atomic mass is 19.1. The maximum atomic E-state index is 13.5. The highest BCUT2D eigenvalue weighted by molar-refractivity contribution is 6.05. The largest absolute Gasteiger partial charge is 0.472 e. The normalized spacial score (nSPS) is 10.3. The molecule has 21 heavy (non-hydrogen) atoms. The van der Waals surface area contributed by atoms with E-state index < -0.39 is 5.82 Å². The van der Waals surface area contributed by atoms with Gasteiger partial charge in [-0.2, -0.15) is 0 Å². The molecule has 0 spiro atoms. The van der Waals surface area contributed by atoms with Gasteiger partial charge < -0.3 is 9.73 Å². The fourth-order valence-corrected chi connectivity index (χ4v) is 2.03. The molecule has 3 aromatic rings. The summed E-state index contributed by atoms with van der Waals surface area (Å²) in [6.07, 6.45) is 3.18. The van der Waals surface area contributed by atoms with E-state index in [0.29, 0.717) is 5.56 Å². The first-order valence-corrected chi connectivity index (χ1v) is 6.42. The molecule has 3 rings (SSSR count). The molecule has 3 nitrogen and oxygen atoms in total. The Balaban J connectivity index is 1.85. The summed E-state index contributed by atoms with van der Waals surface area (Å²) in [6, 6.07) is 15.0. The standard InChI is InChI=1S/C17H12FNO2/c18-15-6-1-2-7-16(15)19-17(20)13-5-3-4-12(10-13)14-8-9-21-11-14/h1-11H,(H,19,20). The van der Waals surface area contributed by atoms with Crippen molar-refractivity contribution in [2.24, 2.45) is 0 Å². The third-order valence-electron chi connectivity index (χ3n) is 3.10. The number of furan rings is 1. The van der Waals surface area contributed by atoms with Crippen LogP contribution in [0.2, 0.25) is 0 Å². The zero-order valence-corrected chi connectivity index (χ0v) is 11.0. The van der Waals surface area contributed by atoms with Gasteiger partial charge in [-0.3, -0.25) is 4.79 Å². The molecule has 4 heteroatoms. The molecule has 0 saturated heterocycles. The van der Waals surface area contributed by atoms with Gasteiger partial charge in [0.15, 0.2) is 0 Å². The lowest BCUT2D eigenvalue weighted by Gasteiger charge is -2.07. The fourth-order valence-electron chi connectivity index (χ4n) is 2.03. The summed E-state index contributed by atoms with van der Waals surface area (Å²) in [4.78, 5) is 12.2. The van der Waals surface area contributed by atoms with Crippen LogP contribution in [0.4, 0.5) is 10.1 Å². The van der Waals surface area contributed by atoms with Gasteiger partial charge in [0.1, 0.15) is 5.82 Å². The van der Waals surface area contributed by atoms with Crippen LogP contribution in [0.25, 0.3) is 11.1 Å². The minimum atomic E-state index is -0.461. The average Bonchev–Trinajstić information content (AvgIpc) is 3.04. The number of amides is 1. The number of rotatable bonds is 3. The number of benzene rings is 2. The molecule has 0 fully saturated rings. The van der Waals surface area contributed by atoms with Gasteiger partial charge in [0.2, 0.25) is 0 Å². The summed E-state index contributed by atoms with van der Waals surface area (Å²) in [7, 11) is 0. The Bertz CT molecular complexity index is 766. The Hall–Kier alpha value is -2.88. The number of para-hydroxylation sites is 1. The minimum absolute atomic E-state index is 0.163. The second kappa shape index (κ2) is 5.63. The summed E-state index contributed by atoms with van der Waals surface area (Å²) in [5.74, 6) is -0.817. The van der Waals surface area contributed by atoms with Crippen molar-refractivity contribution < 1.29 is 13.6 Å². The Morgan fingerprint density at radius 3 is 2.62 bits per heavy atom. The maximum Gasteiger partial charge on any atom is 0.255 e.